The van der Waals surface area contributed by atoms with Crippen LogP contribution in [0.4, 0.5) is 0 Å². The van der Waals surface area contributed by atoms with Crippen LogP contribution in [-0.2, 0) is 0 Å². The third-order valence-electron chi connectivity index (χ3n) is 7.61. The molecule has 2 aromatic carbocycles. The Hall–Kier alpha value is -1.76. The van der Waals surface area contributed by atoms with Gasteiger partial charge < -0.3 is 4.74 Å². The van der Waals surface area contributed by atoms with Crippen LogP contribution in [0, 0.1) is 17.8 Å². The summed E-state index contributed by atoms with van der Waals surface area (Å²) in [5.41, 5.74) is 1.56. The zero-order valence-electron chi connectivity index (χ0n) is 18.2. The van der Waals surface area contributed by atoms with E-state index in [9.17, 15) is 0 Å². The van der Waals surface area contributed by atoms with E-state index in [1.807, 2.05) is 0 Å². The van der Waals surface area contributed by atoms with Gasteiger partial charge in [0.2, 0.25) is 0 Å². The lowest BCUT2D eigenvalue weighted by Crippen LogP contribution is -2.30. The van der Waals surface area contributed by atoms with Gasteiger partial charge in [-0.15, -0.1) is 0 Å². The van der Waals surface area contributed by atoms with Crippen LogP contribution in [0.3, 0.4) is 0 Å². The number of hydrogen-bond donors (Lipinski definition) is 0. The molecule has 0 saturated heterocycles. The molecule has 0 aromatic heterocycles. The van der Waals surface area contributed by atoms with Crippen molar-refractivity contribution in [1.29, 1.82) is 0 Å². The van der Waals surface area contributed by atoms with Gasteiger partial charge in [-0.05, 0) is 84.2 Å². The molecular formula is C28H38O. The van der Waals surface area contributed by atoms with Crippen molar-refractivity contribution in [3.63, 3.8) is 0 Å². The number of ether oxygens (including phenoxy) is 1. The maximum atomic E-state index is 5.69. The Morgan fingerprint density at radius 2 is 1.72 bits per heavy atom. The predicted octanol–water partition coefficient (Wildman–Crippen LogP) is 8.28. The standard InChI is InChI=1S/C28H38O/c1-3-5-6-7-21-8-9-23-18-24(11-10-22(23)17-21)25-12-13-27-20-28(29-16-4-2)15-14-26(27)19-25/h4,12-15,19-24H,2-3,5-11,16-18H2,1H3. The normalized spacial score (nSPS) is 26.8. The third-order valence-corrected chi connectivity index (χ3v) is 7.61. The fraction of sp³-hybridized carbons (Fsp3) is 0.571. The predicted molar refractivity (Wildman–Crippen MR) is 125 cm³/mol. The Balaban J connectivity index is 1.37. The number of hydrogen-bond acceptors (Lipinski definition) is 1. The molecule has 2 aliphatic rings. The van der Waals surface area contributed by atoms with Crippen molar-refractivity contribution < 1.29 is 4.74 Å². The fourth-order valence-corrected chi connectivity index (χ4v) is 5.98. The first kappa shape index (κ1) is 20.5. The van der Waals surface area contributed by atoms with Gasteiger partial charge in [0, 0.05) is 0 Å². The molecule has 2 aromatic rings. The SMILES string of the molecule is C=CCOc1ccc2cc(C3CCC4CC(CCCCC)CCC4C3)ccc2c1. The molecule has 0 heterocycles. The molecule has 4 rings (SSSR count). The van der Waals surface area contributed by atoms with E-state index in [1.54, 1.807) is 11.6 Å². The zero-order chi connectivity index (χ0) is 20.1. The molecule has 2 aliphatic carbocycles. The average molecular weight is 391 g/mol. The highest BCUT2D eigenvalue weighted by molar-refractivity contribution is 5.84. The lowest BCUT2D eigenvalue weighted by atomic mass is 9.63. The Bertz CT molecular complexity index is 807. The number of rotatable bonds is 8. The summed E-state index contributed by atoms with van der Waals surface area (Å²) in [6.07, 6.45) is 16.3. The van der Waals surface area contributed by atoms with Crippen LogP contribution >= 0.6 is 0 Å². The molecule has 29 heavy (non-hydrogen) atoms. The highest BCUT2D eigenvalue weighted by Gasteiger charge is 2.35. The van der Waals surface area contributed by atoms with Gasteiger partial charge in [0.05, 0.1) is 0 Å². The van der Waals surface area contributed by atoms with Gasteiger partial charge >= 0.3 is 0 Å². The van der Waals surface area contributed by atoms with E-state index >= 15 is 0 Å². The van der Waals surface area contributed by atoms with E-state index in [0.29, 0.717) is 6.61 Å². The first-order valence-electron chi connectivity index (χ1n) is 12.0. The van der Waals surface area contributed by atoms with Gasteiger partial charge in [0.1, 0.15) is 12.4 Å². The van der Waals surface area contributed by atoms with E-state index in [1.165, 1.54) is 75.0 Å². The van der Waals surface area contributed by atoms with Crippen molar-refractivity contribution in [3.05, 3.63) is 54.6 Å². The lowest BCUT2D eigenvalue weighted by Gasteiger charge is -2.42. The second kappa shape index (κ2) is 9.83. The van der Waals surface area contributed by atoms with Crippen LogP contribution in [0.1, 0.15) is 82.6 Å². The summed E-state index contributed by atoms with van der Waals surface area (Å²) < 4.78 is 5.69. The molecule has 0 amide bonds. The van der Waals surface area contributed by atoms with E-state index in [4.69, 9.17) is 4.74 Å². The Kier molecular flexibility index (Phi) is 6.95. The lowest BCUT2D eigenvalue weighted by molar-refractivity contribution is 0.113. The van der Waals surface area contributed by atoms with Gasteiger partial charge in [0.15, 0.2) is 0 Å². The van der Waals surface area contributed by atoms with Crippen LogP contribution in [0.5, 0.6) is 5.75 Å². The maximum Gasteiger partial charge on any atom is 0.120 e. The molecule has 1 heteroatoms. The van der Waals surface area contributed by atoms with Crippen molar-refractivity contribution in [2.75, 3.05) is 6.61 Å². The molecule has 2 fully saturated rings. The van der Waals surface area contributed by atoms with Gasteiger partial charge in [-0.2, -0.15) is 0 Å². The first-order chi connectivity index (χ1) is 14.3. The Labute approximate surface area is 177 Å². The highest BCUT2D eigenvalue weighted by atomic mass is 16.5. The minimum atomic E-state index is 0.563. The van der Waals surface area contributed by atoms with Gasteiger partial charge in [-0.25, -0.2) is 0 Å². The second-order valence-electron chi connectivity index (χ2n) is 9.57. The molecule has 0 spiro atoms. The van der Waals surface area contributed by atoms with E-state index in [0.717, 1.165) is 29.4 Å². The van der Waals surface area contributed by atoms with Crippen LogP contribution < -0.4 is 4.74 Å². The summed E-state index contributed by atoms with van der Waals surface area (Å²) >= 11 is 0. The summed E-state index contributed by atoms with van der Waals surface area (Å²) in [5.74, 6) is 4.70. The smallest absolute Gasteiger partial charge is 0.120 e. The van der Waals surface area contributed by atoms with E-state index in [2.05, 4.69) is 49.9 Å². The highest BCUT2D eigenvalue weighted by Crippen LogP contribution is 2.48. The van der Waals surface area contributed by atoms with Crippen molar-refractivity contribution >= 4 is 10.8 Å². The summed E-state index contributed by atoms with van der Waals surface area (Å²) in [6.45, 7) is 6.61. The van der Waals surface area contributed by atoms with Crippen molar-refractivity contribution in [2.24, 2.45) is 17.8 Å². The molecule has 0 N–H and O–H groups in total. The monoisotopic (exact) mass is 390 g/mol. The Morgan fingerprint density at radius 3 is 2.59 bits per heavy atom. The van der Waals surface area contributed by atoms with Gasteiger partial charge in [0.25, 0.3) is 0 Å². The third kappa shape index (κ3) is 5.05. The summed E-state index contributed by atoms with van der Waals surface area (Å²) in [7, 11) is 0. The topological polar surface area (TPSA) is 9.23 Å². The van der Waals surface area contributed by atoms with Crippen molar-refractivity contribution in [3.8, 4) is 5.75 Å². The zero-order valence-corrected chi connectivity index (χ0v) is 18.2. The quantitative estimate of drug-likeness (QED) is 0.325. The van der Waals surface area contributed by atoms with E-state index in [-0.39, 0.29) is 0 Å². The average Bonchev–Trinajstić information content (AvgIpc) is 2.77. The molecular weight excluding hydrogens is 352 g/mol. The molecule has 4 atom stereocenters. The van der Waals surface area contributed by atoms with Crippen LogP contribution in [0.2, 0.25) is 0 Å². The second-order valence-corrected chi connectivity index (χ2v) is 9.57. The number of benzene rings is 2. The molecule has 0 bridgehead atoms. The maximum absolute atomic E-state index is 5.69. The minimum absolute atomic E-state index is 0.563. The van der Waals surface area contributed by atoms with E-state index < -0.39 is 0 Å². The molecule has 0 aliphatic heterocycles. The van der Waals surface area contributed by atoms with Crippen molar-refractivity contribution in [2.45, 2.75) is 77.0 Å². The van der Waals surface area contributed by atoms with Crippen LogP contribution in [-0.4, -0.2) is 6.61 Å². The Morgan fingerprint density at radius 1 is 0.931 bits per heavy atom. The molecule has 2 saturated carbocycles. The van der Waals surface area contributed by atoms with Crippen molar-refractivity contribution in [1.82, 2.24) is 0 Å². The minimum Gasteiger partial charge on any atom is -0.490 e. The van der Waals surface area contributed by atoms with Crippen LogP contribution in [0.15, 0.2) is 49.1 Å². The molecule has 4 unspecified atom stereocenters. The number of fused-ring (bicyclic) bond motifs is 2. The summed E-state index contributed by atoms with van der Waals surface area (Å²) in [4.78, 5) is 0. The van der Waals surface area contributed by atoms with Crippen LogP contribution in [0.25, 0.3) is 10.8 Å². The molecule has 0 radical (unpaired) electrons. The summed E-state index contributed by atoms with van der Waals surface area (Å²) in [5, 5.41) is 2.62. The van der Waals surface area contributed by atoms with Gasteiger partial charge in [-0.3, -0.25) is 0 Å². The van der Waals surface area contributed by atoms with Gasteiger partial charge in [-0.1, -0.05) is 75.9 Å². The molecule has 156 valence electrons. The number of unbranched alkanes of at least 4 members (excludes halogenated alkanes) is 2. The summed E-state index contributed by atoms with van der Waals surface area (Å²) in [6, 6.07) is 13.6. The molecule has 1 nitrogen and oxygen atoms in total. The first-order valence-corrected chi connectivity index (χ1v) is 12.0. The fourth-order valence-electron chi connectivity index (χ4n) is 5.98. The largest absolute Gasteiger partial charge is 0.490 e.